The van der Waals surface area contributed by atoms with Crippen molar-refractivity contribution in [2.24, 2.45) is 5.73 Å². The van der Waals surface area contributed by atoms with E-state index in [1.54, 1.807) is 0 Å². The molecule has 0 aliphatic rings. The molecule has 0 spiro atoms. The number of nitrogens with zero attached hydrogens (tertiary/aromatic N) is 1. The van der Waals surface area contributed by atoms with Gasteiger partial charge in [0.2, 0.25) is 11.8 Å². The first-order chi connectivity index (χ1) is 7.51. The number of aliphatic carboxylic acids is 1. The molecule has 8 heteroatoms. The highest BCUT2D eigenvalue weighted by Gasteiger charge is 2.16. The molecular formula is C8H15N3O4S. The van der Waals surface area contributed by atoms with Crippen LogP contribution in [0.25, 0.3) is 0 Å². The molecule has 7 nitrogen and oxygen atoms in total. The van der Waals surface area contributed by atoms with Crippen molar-refractivity contribution >= 4 is 30.4 Å². The van der Waals surface area contributed by atoms with Crippen LogP contribution in [0.3, 0.4) is 0 Å². The third kappa shape index (κ3) is 6.25. The van der Waals surface area contributed by atoms with Crippen molar-refractivity contribution in [2.75, 3.05) is 31.9 Å². The summed E-state index contributed by atoms with van der Waals surface area (Å²) in [5.74, 6) is -1.70. The summed E-state index contributed by atoms with van der Waals surface area (Å²) in [6.07, 6.45) is 0. The quantitative estimate of drug-likeness (QED) is 0.386. The van der Waals surface area contributed by atoms with Crippen LogP contribution in [-0.2, 0) is 14.4 Å². The van der Waals surface area contributed by atoms with Crippen molar-refractivity contribution in [1.82, 2.24) is 10.2 Å². The standard InChI is InChI=1S/C8H15N3O4S/c9-3-6(12)10-4-7(13)11(1-2-16)5-8(14)15/h16H,1-5,9H2,(H,10,12)(H,14,15). The van der Waals surface area contributed by atoms with Gasteiger partial charge in [0.25, 0.3) is 0 Å². The van der Waals surface area contributed by atoms with Gasteiger partial charge in [-0.25, -0.2) is 0 Å². The first-order valence-corrected chi connectivity index (χ1v) is 5.21. The van der Waals surface area contributed by atoms with Crippen molar-refractivity contribution < 1.29 is 19.5 Å². The SMILES string of the molecule is NCC(=O)NCC(=O)N(CCS)CC(=O)O. The highest BCUT2D eigenvalue weighted by molar-refractivity contribution is 7.80. The lowest BCUT2D eigenvalue weighted by molar-refractivity contribution is -0.144. The number of carbonyl (C=O) groups is 3. The fraction of sp³-hybridized carbons (Fsp3) is 0.625. The number of carboxylic acids is 1. The molecule has 0 saturated heterocycles. The van der Waals surface area contributed by atoms with E-state index in [4.69, 9.17) is 10.8 Å². The number of rotatable bonds is 7. The number of carboxylic acid groups (broad SMARTS) is 1. The smallest absolute Gasteiger partial charge is 0.323 e. The second-order valence-electron chi connectivity index (χ2n) is 2.91. The van der Waals surface area contributed by atoms with E-state index >= 15 is 0 Å². The lowest BCUT2D eigenvalue weighted by Crippen LogP contribution is -2.44. The molecule has 4 N–H and O–H groups in total. The van der Waals surface area contributed by atoms with Crippen LogP contribution >= 0.6 is 12.6 Å². The van der Waals surface area contributed by atoms with Crippen LogP contribution in [0, 0.1) is 0 Å². The number of nitrogens with one attached hydrogen (secondary N) is 1. The summed E-state index contributed by atoms with van der Waals surface area (Å²) in [6, 6.07) is 0. The van der Waals surface area contributed by atoms with Crippen LogP contribution in [0.2, 0.25) is 0 Å². The number of nitrogens with two attached hydrogens (primary N) is 1. The average molecular weight is 249 g/mol. The Morgan fingerprint density at radius 1 is 1.38 bits per heavy atom. The minimum atomic E-state index is -1.11. The van der Waals surface area contributed by atoms with E-state index in [9.17, 15) is 14.4 Å². The zero-order valence-corrected chi connectivity index (χ0v) is 9.57. The Hall–Kier alpha value is -1.28. The van der Waals surface area contributed by atoms with Gasteiger partial charge in [0.1, 0.15) is 6.54 Å². The maximum atomic E-state index is 11.5. The third-order valence-corrected chi connectivity index (χ3v) is 1.87. The predicted molar refractivity (Wildman–Crippen MR) is 60.1 cm³/mol. The number of hydrogen-bond acceptors (Lipinski definition) is 5. The number of hydrogen-bond donors (Lipinski definition) is 4. The van der Waals surface area contributed by atoms with Crippen molar-refractivity contribution in [3.05, 3.63) is 0 Å². The fourth-order valence-corrected chi connectivity index (χ4v) is 1.18. The molecule has 0 aromatic carbocycles. The van der Waals surface area contributed by atoms with Crippen molar-refractivity contribution in [1.29, 1.82) is 0 Å². The summed E-state index contributed by atoms with van der Waals surface area (Å²) in [5, 5.41) is 10.8. The summed E-state index contributed by atoms with van der Waals surface area (Å²) < 4.78 is 0. The van der Waals surface area contributed by atoms with E-state index in [2.05, 4.69) is 17.9 Å². The summed E-state index contributed by atoms with van der Waals surface area (Å²) in [4.78, 5) is 33.8. The Labute approximate surface area is 98.4 Å². The summed E-state index contributed by atoms with van der Waals surface area (Å²) in [7, 11) is 0. The highest BCUT2D eigenvalue weighted by atomic mass is 32.1. The van der Waals surface area contributed by atoms with Gasteiger partial charge >= 0.3 is 5.97 Å². The number of thiol groups is 1. The molecule has 0 aliphatic carbocycles. The van der Waals surface area contributed by atoms with Gasteiger partial charge in [-0.15, -0.1) is 0 Å². The molecule has 2 amide bonds. The Bertz CT molecular complexity index is 272. The molecule has 0 rings (SSSR count). The second-order valence-corrected chi connectivity index (χ2v) is 3.36. The maximum Gasteiger partial charge on any atom is 0.323 e. The molecule has 0 unspecified atom stereocenters. The van der Waals surface area contributed by atoms with E-state index in [-0.39, 0.29) is 19.6 Å². The second kappa shape index (κ2) is 7.94. The van der Waals surface area contributed by atoms with Crippen molar-refractivity contribution in [3.8, 4) is 0 Å². The summed E-state index contributed by atoms with van der Waals surface area (Å²) in [6.45, 7) is -0.652. The van der Waals surface area contributed by atoms with Crippen LogP contribution in [0.15, 0.2) is 0 Å². The molecule has 0 aliphatic heterocycles. The molecule has 0 aromatic heterocycles. The van der Waals surface area contributed by atoms with Crippen LogP contribution in [-0.4, -0.2) is 59.7 Å². The van der Waals surface area contributed by atoms with Gasteiger partial charge < -0.3 is 21.1 Å². The molecule has 92 valence electrons. The molecule has 0 fully saturated rings. The summed E-state index contributed by atoms with van der Waals surface area (Å²) in [5.41, 5.74) is 5.03. The number of amides is 2. The molecule has 0 atom stereocenters. The van der Waals surface area contributed by atoms with E-state index in [0.717, 1.165) is 4.90 Å². The molecule has 0 heterocycles. The lowest BCUT2D eigenvalue weighted by atomic mass is 10.4. The minimum absolute atomic E-state index is 0.210. The molecule has 0 radical (unpaired) electrons. The van der Waals surface area contributed by atoms with Gasteiger partial charge in [0.05, 0.1) is 13.1 Å². The Kier molecular flexibility index (Phi) is 7.31. The van der Waals surface area contributed by atoms with Crippen molar-refractivity contribution in [3.63, 3.8) is 0 Å². The largest absolute Gasteiger partial charge is 0.480 e. The average Bonchev–Trinajstić information content (AvgIpc) is 2.24. The molecular weight excluding hydrogens is 234 g/mol. The van der Waals surface area contributed by atoms with Gasteiger partial charge in [-0.3, -0.25) is 14.4 Å². The Balaban J connectivity index is 4.16. The summed E-state index contributed by atoms with van der Waals surface area (Å²) >= 11 is 3.91. The molecule has 16 heavy (non-hydrogen) atoms. The molecule has 0 aromatic rings. The van der Waals surface area contributed by atoms with E-state index in [1.165, 1.54) is 0 Å². The zero-order valence-electron chi connectivity index (χ0n) is 8.68. The van der Waals surface area contributed by atoms with Gasteiger partial charge in [0.15, 0.2) is 0 Å². The van der Waals surface area contributed by atoms with Crippen LogP contribution in [0.1, 0.15) is 0 Å². The van der Waals surface area contributed by atoms with E-state index < -0.39 is 24.3 Å². The van der Waals surface area contributed by atoms with Crippen LogP contribution in [0.5, 0.6) is 0 Å². The van der Waals surface area contributed by atoms with Gasteiger partial charge in [-0.1, -0.05) is 0 Å². The lowest BCUT2D eigenvalue weighted by Gasteiger charge is -2.19. The first kappa shape index (κ1) is 14.7. The van der Waals surface area contributed by atoms with Gasteiger partial charge in [0, 0.05) is 12.3 Å². The third-order valence-electron chi connectivity index (χ3n) is 1.67. The molecule has 0 bridgehead atoms. The van der Waals surface area contributed by atoms with Gasteiger partial charge in [-0.2, -0.15) is 12.6 Å². The van der Waals surface area contributed by atoms with E-state index in [1.807, 2.05) is 0 Å². The monoisotopic (exact) mass is 249 g/mol. The van der Waals surface area contributed by atoms with E-state index in [0.29, 0.717) is 5.75 Å². The van der Waals surface area contributed by atoms with Crippen LogP contribution < -0.4 is 11.1 Å². The highest BCUT2D eigenvalue weighted by Crippen LogP contribution is 1.91. The van der Waals surface area contributed by atoms with Gasteiger partial charge in [-0.05, 0) is 0 Å². The fourth-order valence-electron chi connectivity index (χ4n) is 0.934. The Morgan fingerprint density at radius 2 is 2.00 bits per heavy atom. The predicted octanol–water partition coefficient (Wildman–Crippen LogP) is -2.10. The van der Waals surface area contributed by atoms with Crippen LogP contribution in [0.4, 0.5) is 0 Å². The first-order valence-electron chi connectivity index (χ1n) is 4.58. The number of carbonyl (C=O) groups excluding carboxylic acids is 2. The minimum Gasteiger partial charge on any atom is -0.480 e. The Morgan fingerprint density at radius 3 is 2.44 bits per heavy atom. The normalized spacial score (nSPS) is 9.62. The molecule has 0 saturated carbocycles. The van der Waals surface area contributed by atoms with Crippen molar-refractivity contribution in [2.45, 2.75) is 0 Å². The topological polar surface area (TPSA) is 113 Å². The zero-order chi connectivity index (χ0) is 12.6. The maximum absolute atomic E-state index is 11.5.